The molecule has 4 fully saturated rings. The molecule has 4 heterocycles. The van der Waals surface area contributed by atoms with Crippen molar-refractivity contribution in [2.75, 3.05) is 45.9 Å². The fourth-order valence-corrected chi connectivity index (χ4v) is 4.30. The van der Waals surface area contributed by atoms with Gasteiger partial charge in [0.2, 0.25) is 0 Å². The van der Waals surface area contributed by atoms with Gasteiger partial charge in [0.15, 0.2) is 0 Å². The van der Waals surface area contributed by atoms with Crippen molar-refractivity contribution in [3.63, 3.8) is 0 Å². The van der Waals surface area contributed by atoms with E-state index in [0.29, 0.717) is 5.60 Å². The van der Waals surface area contributed by atoms with E-state index in [1.165, 1.54) is 5.57 Å². The number of β-amino-alcohol motifs (C(OH)–C–C–N with tert-alkyl or cyclic N) is 1. The minimum Gasteiger partial charge on any atom is -0.387 e. The Kier molecular flexibility index (Phi) is 6.19. The molecule has 0 amide bonds. The number of ether oxygens (including phenoxy) is 1. The predicted octanol–water partition coefficient (Wildman–Crippen LogP) is 0.743. The summed E-state index contributed by atoms with van der Waals surface area (Å²) in [7, 11) is 7.84. The standard InChI is InChI=1S/C5H12NOP.C4H8NOP.C4H8NP/c1-2-5(7)3-6(8)4-5;7-5-1-4(2-5)3-6-4;1-4-2-5(6)3-4/h7H,2-4,8H2,1H3;1-3,7H2;1-3,6H2. The molecule has 1 spiro atoms. The van der Waals surface area contributed by atoms with E-state index in [0.717, 1.165) is 52.3 Å². The van der Waals surface area contributed by atoms with Gasteiger partial charge in [0.1, 0.15) is 5.60 Å². The topological polar surface area (TPSA) is 42.5 Å². The minimum atomic E-state index is -0.359. The number of epoxide rings is 1. The Balaban J connectivity index is 0.000000116. The van der Waals surface area contributed by atoms with Gasteiger partial charge in [0.25, 0.3) is 0 Å². The molecule has 0 aliphatic carbocycles. The molecular formula is C13H28N3O2P3. The van der Waals surface area contributed by atoms with Crippen LogP contribution in [-0.4, -0.2) is 76.2 Å². The smallest absolute Gasteiger partial charge is 0.117 e. The largest absolute Gasteiger partial charge is 0.387 e. The molecule has 4 saturated heterocycles. The van der Waals surface area contributed by atoms with Crippen molar-refractivity contribution in [2.24, 2.45) is 0 Å². The third-order valence-corrected chi connectivity index (χ3v) is 5.14. The third kappa shape index (κ3) is 5.44. The van der Waals surface area contributed by atoms with Crippen LogP contribution < -0.4 is 0 Å². The Hall–Kier alpha value is 0.830. The van der Waals surface area contributed by atoms with Crippen LogP contribution in [0, 0.1) is 0 Å². The average Bonchev–Trinajstić information content (AvgIpc) is 3.07. The summed E-state index contributed by atoms with van der Waals surface area (Å²) in [6, 6.07) is 0. The molecule has 0 bridgehead atoms. The van der Waals surface area contributed by atoms with E-state index in [4.69, 9.17) is 4.74 Å². The fraction of sp³-hybridized carbons (Fsp3) is 0.846. The van der Waals surface area contributed by atoms with Gasteiger partial charge in [0.05, 0.1) is 12.2 Å². The van der Waals surface area contributed by atoms with E-state index in [9.17, 15) is 5.11 Å². The summed E-state index contributed by atoms with van der Waals surface area (Å²) in [6.07, 6.45) is 0.873. The normalized spacial score (nSPS) is 29.1. The van der Waals surface area contributed by atoms with E-state index in [1.54, 1.807) is 0 Å². The van der Waals surface area contributed by atoms with Crippen molar-refractivity contribution in [3.05, 3.63) is 12.2 Å². The van der Waals surface area contributed by atoms with Crippen LogP contribution in [0.3, 0.4) is 0 Å². The van der Waals surface area contributed by atoms with Gasteiger partial charge in [-0.25, -0.2) is 0 Å². The molecule has 3 atom stereocenters. The van der Waals surface area contributed by atoms with Crippen LogP contribution in [0.25, 0.3) is 0 Å². The second-order valence-corrected chi connectivity index (χ2v) is 8.71. The van der Waals surface area contributed by atoms with Crippen LogP contribution in [-0.2, 0) is 4.74 Å². The Morgan fingerprint density at radius 3 is 1.67 bits per heavy atom. The SMILES string of the molecule is C=C1CN(P)C1.CCC1(O)CN(P)C1.PN1CC2(CO2)C1. The monoisotopic (exact) mass is 351 g/mol. The number of nitrogens with zero attached hydrogens (tertiary/aromatic N) is 3. The second kappa shape index (κ2) is 7.16. The fourth-order valence-electron chi connectivity index (χ4n) is 2.44. The summed E-state index contributed by atoms with van der Waals surface area (Å²) in [5.74, 6) is 0. The molecule has 4 rings (SSSR count). The highest BCUT2D eigenvalue weighted by molar-refractivity contribution is 7.13. The third-order valence-electron chi connectivity index (χ3n) is 4.04. The van der Waals surface area contributed by atoms with E-state index < -0.39 is 0 Å². The summed E-state index contributed by atoms with van der Waals surface area (Å²) in [6.45, 7) is 12.8. The van der Waals surface area contributed by atoms with Crippen LogP contribution in [0.2, 0.25) is 0 Å². The van der Waals surface area contributed by atoms with Crippen LogP contribution in [0.4, 0.5) is 0 Å². The second-order valence-electron chi connectivity index (χ2n) is 6.51. The molecule has 21 heavy (non-hydrogen) atoms. The van der Waals surface area contributed by atoms with Crippen LogP contribution in [0.5, 0.6) is 0 Å². The van der Waals surface area contributed by atoms with Crippen molar-refractivity contribution >= 4 is 28.2 Å². The minimum absolute atomic E-state index is 0.349. The molecule has 0 aromatic heterocycles. The quantitative estimate of drug-likeness (QED) is 0.429. The molecule has 0 saturated carbocycles. The maximum Gasteiger partial charge on any atom is 0.117 e. The van der Waals surface area contributed by atoms with Crippen molar-refractivity contribution < 1.29 is 9.84 Å². The first-order valence-electron chi connectivity index (χ1n) is 7.28. The zero-order valence-corrected chi connectivity index (χ0v) is 16.3. The summed E-state index contributed by atoms with van der Waals surface area (Å²) >= 11 is 0. The molecule has 4 aliphatic rings. The molecule has 0 aromatic rings. The highest BCUT2D eigenvalue weighted by atomic mass is 31.0. The number of hydrogen-bond donors (Lipinski definition) is 1. The molecule has 5 nitrogen and oxygen atoms in total. The van der Waals surface area contributed by atoms with Gasteiger partial charge in [0, 0.05) is 39.3 Å². The Labute approximate surface area is 135 Å². The van der Waals surface area contributed by atoms with Gasteiger partial charge < -0.3 is 9.84 Å². The first kappa shape index (κ1) is 18.2. The van der Waals surface area contributed by atoms with Gasteiger partial charge >= 0.3 is 0 Å². The van der Waals surface area contributed by atoms with Crippen LogP contribution in [0.1, 0.15) is 13.3 Å². The summed E-state index contributed by atoms with van der Waals surface area (Å²) in [4.78, 5) is 0. The van der Waals surface area contributed by atoms with Gasteiger partial charge in [-0.3, -0.25) is 14.0 Å². The molecule has 8 heteroatoms. The van der Waals surface area contributed by atoms with Crippen LogP contribution >= 0.6 is 28.2 Å². The summed E-state index contributed by atoms with van der Waals surface area (Å²) in [5.41, 5.74) is 1.33. The van der Waals surface area contributed by atoms with Crippen molar-refractivity contribution in [1.29, 1.82) is 0 Å². The van der Waals surface area contributed by atoms with Gasteiger partial charge in [-0.2, -0.15) is 0 Å². The predicted molar refractivity (Wildman–Crippen MR) is 96.9 cm³/mol. The Morgan fingerprint density at radius 1 is 1.10 bits per heavy atom. The van der Waals surface area contributed by atoms with E-state index in [1.807, 2.05) is 11.6 Å². The lowest BCUT2D eigenvalue weighted by molar-refractivity contribution is -0.0575. The number of hydrogen-bond acceptors (Lipinski definition) is 5. The molecule has 122 valence electrons. The lowest BCUT2D eigenvalue weighted by Gasteiger charge is -2.43. The van der Waals surface area contributed by atoms with Crippen molar-refractivity contribution in [3.8, 4) is 0 Å². The first-order valence-corrected chi connectivity index (χ1v) is 8.83. The average molecular weight is 351 g/mol. The molecule has 4 aliphatic heterocycles. The van der Waals surface area contributed by atoms with Gasteiger partial charge in [-0.1, -0.05) is 41.7 Å². The summed E-state index contributed by atoms with van der Waals surface area (Å²) < 4.78 is 11.5. The zero-order chi connectivity index (χ0) is 15.7. The first-order chi connectivity index (χ1) is 9.76. The summed E-state index contributed by atoms with van der Waals surface area (Å²) in [5, 5.41) is 9.33. The Morgan fingerprint density at radius 2 is 1.57 bits per heavy atom. The van der Waals surface area contributed by atoms with Crippen molar-refractivity contribution in [1.82, 2.24) is 14.0 Å². The highest BCUT2D eigenvalue weighted by Crippen LogP contribution is 2.38. The molecule has 3 unspecified atom stereocenters. The lowest BCUT2D eigenvalue weighted by atomic mass is 9.94. The van der Waals surface area contributed by atoms with E-state index in [-0.39, 0.29) is 5.60 Å². The maximum absolute atomic E-state index is 9.33. The van der Waals surface area contributed by atoms with E-state index in [2.05, 4.69) is 44.1 Å². The lowest BCUT2D eigenvalue weighted by Crippen LogP contribution is -2.56. The van der Waals surface area contributed by atoms with E-state index >= 15 is 0 Å². The number of rotatable bonds is 1. The van der Waals surface area contributed by atoms with Crippen molar-refractivity contribution in [2.45, 2.75) is 24.5 Å². The molecule has 0 radical (unpaired) electrons. The zero-order valence-electron chi connectivity index (χ0n) is 12.8. The molecule has 1 N–H and O–H groups in total. The maximum atomic E-state index is 9.33. The highest BCUT2D eigenvalue weighted by Gasteiger charge is 2.53. The Bertz CT molecular complexity index is 371. The number of aliphatic hydroxyl groups is 1. The molecule has 0 aromatic carbocycles. The van der Waals surface area contributed by atoms with Gasteiger partial charge in [-0.05, 0) is 12.0 Å². The molecular weight excluding hydrogens is 323 g/mol. The van der Waals surface area contributed by atoms with Gasteiger partial charge in [-0.15, -0.1) is 0 Å². The van der Waals surface area contributed by atoms with Crippen LogP contribution in [0.15, 0.2) is 12.2 Å².